The second-order valence-corrected chi connectivity index (χ2v) is 4.81. The monoisotopic (exact) mass is 233 g/mol. The van der Waals surface area contributed by atoms with E-state index >= 15 is 0 Å². The number of nitrogens with one attached hydrogen (secondary N) is 1. The third-order valence-corrected chi connectivity index (χ3v) is 3.26. The van der Waals surface area contributed by atoms with E-state index in [2.05, 4.69) is 9.71 Å². The summed E-state index contributed by atoms with van der Waals surface area (Å²) >= 11 is 0. The quantitative estimate of drug-likeness (QED) is 0.757. The minimum Gasteiger partial charge on any atom is -0.329 e. The fourth-order valence-electron chi connectivity index (χ4n) is 0.920. The lowest BCUT2D eigenvalue weighted by atomic mass is 10.4. The van der Waals surface area contributed by atoms with E-state index in [0.717, 1.165) is 18.5 Å². The Labute approximate surface area is 87.6 Å². The van der Waals surface area contributed by atoms with Crippen LogP contribution in [-0.4, -0.2) is 26.0 Å². The summed E-state index contributed by atoms with van der Waals surface area (Å²) in [5.41, 5.74) is 5.27. The van der Waals surface area contributed by atoms with Crippen molar-refractivity contribution in [3.05, 3.63) is 24.3 Å². The molecule has 0 saturated heterocycles. The number of hydrogen-bond acceptors (Lipinski definition) is 4. The summed E-state index contributed by atoms with van der Waals surface area (Å²) < 4.78 is 38.2. The molecule has 3 N–H and O–H groups in total. The number of rotatable bonds is 4. The molecule has 0 fully saturated rings. The van der Waals surface area contributed by atoms with Crippen molar-refractivity contribution in [2.45, 2.75) is 17.9 Å². The molecule has 0 spiro atoms. The third-order valence-electron chi connectivity index (χ3n) is 1.70. The molecule has 15 heavy (non-hydrogen) atoms. The Morgan fingerprint density at radius 2 is 2.27 bits per heavy atom. The molecule has 5 nitrogen and oxygen atoms in total. The summed E-state index contributed by atoms with van der Waals surface area (Å²) in [5.74, 6) is -0.696. The lowest BCUT2D eigenvalue weighted by Gasteiger charge is -2.11. The van der Waals surface area contributed by atoms with Gasteiger partial charge in [-0.3, -0.25) is 4.98 Å². The van der Waals surface area contributed by atoms with Gasteiger partial charge in [0.25, 0.3) is 0 Å². The molecule has 1 heterocycles. The Kier molecular flexibility index (Phi) is 3.72. The van der Waals surface area contributed by atoms with Gasteiger partial charge in [-0.05, 0) is 13.0 Å². The largest absolute Gasteiger partial charge is 0.329 e. The maximum atomic E-state index is 12.7. The predicted molar refractivity (Wildman–Crippen MR) is 53.0 cm³/mol. The van der Waals surface area contributed by atoms with Crippen LogP contribution in [0.15, 0.2) is 23.4 Å². The van der Waals surface area contributed by atoms with E-state index in [9.17, 15) is 12.8 Å². The van der Waals surface area contributed by atoms with Gasteiger partial charge in [-0.15, -0.1) is 0 Å². The Balaban J connectivity index is 2.96. The van der Waals surface area contributed by atoms with Crippen molar-refractivity contribution in [2.24, 2.45) is 5.73 Å². The van der Waals surface area contributed by atoms with Crippen molar-refractivity contribution in [1.82, 2.24) is 9.71 Å². The summed E-state index contributed by atoms with van der Waals surface area (Å²) in [6.45, 7) is 1.78. The van der Waals surface area contributed by atoms with Gasteiger partial charge in [-0.2, -0.15) is 0 Å². The first-order chi connectivity index (χ1) is 6.95. The van der Waals surface area contributed by atoms with Crippen LogP contribution in [0.2, 0.25) is 0 Å². The molecule has 0 aromatic carbocycles. The van der Waals surface area contributed by atoms with E-state index in [0.29, 0.717) is 0 Å². The van der Waals surface area contributed by atoms with Gasteiger partial charge >= 0.3 is 0 Å². The molecule has 1 aromatic rings. The molecule has 1 unspecified atom stereocenters. The lowest BCUT2D eigenvalue weighted by molar-refractivity contribution is 0.558. The predicted octanol–water partition coefficient (Wildman–Crippen LogP) is -0.154. The van der Waals surface area contributed by atoms with Crippen LogP contribution in [0.5, 0.6) is 0 Å². The molecule has 0 radical (unpaired) electrons. The first-order valence-corrected chi connectivity index (χ1v) is 5.77. The number of hydrogen-bond donors (Lipinski definition) is 2. The fourth-order valence-corrected chi connectivity index (χ4v) is 2.15. The molecular formula is C8H12FN3O2S. The second kappa shape index (κ2) is 4.65. The molecule has 0 amide bonds. The van der Waals surface area contributed by atoms with Crippen LogP contribution in [0.25, 0.3) is 0 Å². The van der Waals surface area contributed by atoms with Gasteiger partial charge in [0.15, 0.2) is 0 Å². The highest BCUT2D eigenvalue weighted by Crippen LogP contribution is 2.08. The van der Waals surface area contributed by atoms with E-state index in [1.165, 1.54) is 0 Å². The molecule has 1 atom stereocenters. The zero-order valence-corrected chi connectivity index (χ0v) is 8.96. The Bertz CT molecular complexity index is 435. The van der Waals surface area contributed by atoms with Gasteiger partial charge in [0, 0.05) is 18.8 Å². The van der Waals surface area contributed by atoms with Gasteiger partial charge in [-0.25, -0.2) is 17.5 Å². The van der Waals surface area contributed by atoms with Crippen LogP contribution in [0.3, 0.4) is 0 Å². The summed E-state index contributed by atoms with van der Waals surface area (Å²) in [7, 11) is -3.73. The number of sulfonamides is 1. The highest BCUT2D eigenvalue weighted by atomic mass is 32.2. The topological polar surface area (TPSA) is 85.1 Å². The number of halogens is 1. The normalized spacial score (nSPS) is 13.8. The molecular weight excluding hydrogens is 221 g/mol. The SMILES string of the molecule is CC(CN)NS(=O)(=O)c1cncc(F)c1. The molecule has 0 saturated carbocycles. The van der Waals surface area contributed by atoms with Gasteiger partial charge < -0.3 is 5.73 Å². The molecule has 0 aliphatic heterocycles. The summed E-state index contributed by atoms with van der Waals surface area (Å²) in [6, 6.07) is 0.497. The summed E-state index contributed by atoms with van der Waals surface area (Å²) in [5, 5.41) is 0. The molecule has 0 aliphatic rings. The van der Waals surface area contributed by atoms with E-state index in [4.69, 9.17) is 5.73 Å². The van der Waals surface area contributed by atoms with Gasteiger partial charge in [-0.1, -0.05) is 0 Å². The van der Waals surface area contributed by atoms with Crippen LogP contribution < -0.4 is 10.5 Å². The standard InChI is InChI=1S/C8H12FN3O2S/c1-6(3-10)12-15(13,14)8-2-7(9)4-11-5-8/h2,4-6,12H,3,10H2,1H3. The average Bonchev–Trinajstić information content (AvgIpc) is 2.17. The second-order valence-electron chi connectivity index (χ2n) is 3.10. The highest BCUT2D eigenvalue weighted by molar-refractivity contribution is 7.89. The van der Waals surface area contributed by atoms with Crippen LogP contribution in [0.4, 0.5) is 4.39 Å². The number of nitrogens with zero attached hydrogens (tertiary/aromatic N) is 1. The van der Waals surface area contributed by atoms with Crippen LogP contribution in [-0.2, 0) is 10.0 Å². The van der Waals surface area contributed by atoms with E-state index in [-0.39, 0.29) is 11.4 Å². The highest BCUT2D eigenvalue weighted by Gasteiger charge is 2.17. The zero-order valence-electron chi connectivity index (χ0n) is 8.14. The minimum atomic E-state index is -3.73. The third kappa shape index (κ3) is 3.22. The lowest BCUT2D eigenvalue weighted by Crippen LogP contribution is -2.37. The first kappa shape index (κ1) is 12.0. The van der Waals surface area contributed by atoms with Gasteiger partial charge in [0.1, 0.15) is 10.7 Å². The minimum absolute atomic E-state index is 0.169. The molecule has 1 aromatic heterocycles. The van der Waals surface area contributed by atoms with Gasteiger partial charge in [0.2, 0.25) is 10.0 Å². The van der Waals surface area contributed by atoms with E-state index in [1.807, 2.05) is 0 Å². The molecule has 1 rings (SSSR count). The van der Waals surface area contributed by atoms with Crippen molar-refractivity contribution < 1.29 is 12.8 Å². The van der Waals surface area contributed by atoms with Crippen molar-refractivity contribution >= 4 is 10.0 Å². The molecule has 84 valence electrons. The number of pyridine rings is 1. The Morgan fingerprint density at radius 3 is 2.80 bits per heavy atom. The maximum absolute atomic E-state index is 12.7. The van der Waals surface area contributed by atoms with Crippen molar-refractivity contribution in [2.75, 3.05) is 6.54 Å². The first-order valence-electron chi connectivity index (χ1n) is 4.28. The number of nitrogens with two attached hydrogens (primary N) is 1. The maximum Gasteiger partial charge on any atom is 0.242 e. The van der Waals surface area contributed by atoms with Crippen molar-refractivity contribution in [3.8, 4) is 0 Å². The fraction of sp³-hybridized carbons (Fsp3) is 0.375. The van der Waals surface area contributed by atoms with E-state index in [1.54, 1.807) is 6.92 Å². The van der Waals surface area contributed by atoms with Gasteiger partial charge in [0.05, 0.1) is 6.20 Å². The smallest absolute Gasteiger partial charge is 0.242 e. The van der Waals surface area contributed by atoms with Crippen LogP contribution >= 0.6 is 0 Å². The van der Waals surface area contributed by atoms with Crippen molar-refractivity contribution in [1.29, 1.82) is 0 Å². The van der Waals surface area contributed by atoms with Crippen molar-refractivity contribution in [3.63, 3.8) is 0 Å². The van der Waals surface area contributed by atoms with Crippen LogP contribution in [0, 0.1) is 5.82 Å². The summed E-state index contributed by atoms with van der Waals surface area (Å²) in [6.07, 6.45) is 2.01. The zero-order chi connectivity index (χ0) is 11.5. The van der Waals surface area contributed by atoms with Crippen LogP contribution in [0.1, 0.15) is 6.92 Å². The Morgan fingerprint density at radius 1 is 1.60 bits per heavy atom. The average molecular weight is 233 g/mol. The Hall–Kier alpha value is -1.05. The summed E-state index contributed by atoms with van der Waals surface area (Å²) in [4.78, 5) is 3.25. The molecule has 0 bridgehead atoms. The van der Waals surface area contributed by atoms with E-state index < -0.39 is 21.9 Å². The molecule has 7 heteroatoms. The number of aromatic nitrogens is 1. The molecule has 0 aliphatic carbocycles.